The Kier molecular flexibility index (Phi) is 6.26. The fourth-order valence-corrected chi connectivity index (χ4v) is 2.73. The molecule has 0 aromatic heterocycles. The number of morpholine rings is 1. The number of carbonyl (C=O) groups excluding carboxylic acids is 2. The van der Waals surface area contributed by atoms with Crippen molar-refractivity contribution < 1.29 is 23.5 Å². The van der Waals surface area contributed by atoms with E-state index >= 15 is 0 Å². The third-order valence-corrected chi connectivity index (χ3v) is 4.26. The maximum absolute atomic E-state index is 13.1. The Labute approximate surface area is 160 Å². The van der Waals surface area contributed by atoms with Gasteiger partial charge in [-0.15, -0.1) is 0 Å². The third-order valence-electron chi connectivity index (χ3n) is 3.97. The number of hydrogen-bond acceptors (Lipinski definition) is 4. The highest BCUT2D eigenvalue weighted by Gasteiger charge is 2.18. The minimum absolute atomic E-state index is 0.0623. The van der Waals surface area contributed by atoms with Crippen LogP contribution in [0.1, 0.15) is 10.4 Å². The van der Waals surface area contributed by atoms with Gasteiger partial charge in [-0.05, 0) is 36.4 Å². The molecule has 27 heavy (non-hydrogen) atoms. The Hall–Kier alpha value is -2.64. The van der Waals surface area contributed by atoms with Crippen LogP contribution in [0.4, 0.5) is 10.1 Å². The van der Waals surface area contributed by atoms with Gasteiger partial charge in [-0.25, -0.2) is 4.39 Å². The van der Waals surface area contributed by atoms with E-state index in [1.54, 1.807) is 29.2 Å². The highest BCUT2D eigenvalue weighted by atomic mass is 35.5. The molecule has 1 fully saturated rings. The molecule has 0 spiro atoms. The summed E-state index contributed by atoms with van der Waals surface area (Å²) in [4.78, 5) is 26.1. The number of nitrogens with one attached hydrogen (secondary N) is 1. The molecule has 3 rings (SSSR count). The summed E-state index contributed by atoms with van der Waals surface area (Å²) >= 11 is 5.66. The molecule has 0 saturated carbocycles. The van der Waals surface area contributed by atoms with Crippen molar-refractivity contribution in [3.05, 3.63) is 58.9 Å². The van der Waals surface area contributed by atoms with Crippen LogP contribution in [0, 0.1) is 5.82 Å². The number of carbonyl (C=O) groups is 2. The third kappa shape index (κ3) is 5.18. The fraction of sp³-hybridized carbons (Fsp3) is 0.263. The lowest BCUT2D eigenvalue weighted by molar-refractivity contribution is -0.118. The van der Waals surface area contributed by atoms with Gasteiger partial charge in [0.05, 0.1) is 18.2 Å². The van der Waals surface area contributed by atoms with Gasteiger partial charge < -0.3 is 19.7 Å². The molecule has 0 radical (unpaired) electrons. The number of amides is 2. The Morgan fingerprint density at radius 1 is 1.15 bits per heavy atom. The monoisotopic (exact) mass is 392 g/mol. The van der Waals surface area contributed by atoms with Gasteiger partial charge in [-0.2, -0.15) is 0 Å². The zero-order valence-electron chi connectivity index (χ0n) is 14.4. The zero-order chi connectivity index (χ0) is 19.2. The van der Waals surface area contributed by atoms with E-state index in [2.05, 4.69) is 5.32 Å². The number of ether oxygens (including phenoxy) is 2. The smallest absolute Gasteiger partial charge is 0.262 e. The minimum Gasteiger partial charge on any atom is -0.484 e. The zero-order valence-corrected chi connectivity index (χ0v) is 15.2. The second kappa shape index (κ2) is 8.83. The van der Waals surface area contributed by atoms with E-state index < -0.39 is 5.82 Å². The average Bonchev–Trinajstić information content (AvgIpc) is 2.69. The molecule has 1 saturated heterocycles. The summed E-state index contributed by atoms with van der Waals surface area (Å²) in [6, 6.07) is 10.5. The van der Waals surface area contributed by atoms with Crippen molar-refractivity contribution in [3.8, 4) is 5.75 Å². The summed E-state index contributed by atoms with van der Waals surface area (Å²) in [5, 5.41) is 2.59. The average molecular weight is 393 g/mol. The highest BCUT2D eigenvalue weighted by Crippen LogP contribution is 2.21. The van der Waals surface area contributed by atoms with E-state index in [9.17, 15) is 14.0 Å². The molecule has 0 aliphatic carbocycles. The molecule has 2 aromatic rings. The second-order valence-electron chi connectivity index (χ2n) is 5.89. The normalized spacial score (nSPS) is 13.9. The van der Waals surface area contributed by atoms with Gasteiger partial charge in [0.1, 0.15) is 11.6 Å². The van der Waals surface area contributed by atoms with Crippen LogP contribution in [0.5, 0.6) is 5.75 Å². The first-order valence-corrected chi connectivity index (χ1v) is 8.75. The lowest BCUT2D eigenvalue weighted by Crippen LogP contribution is -2.40. The predicted octanol–water partition coefficient (Wildman–Crippen LogP) is 2.97. The van der Waals surface area contributed by atoms with E-state index in [1.807, 2.05) is 0 Å². The Morgan fingerprint density at radius 2 is 1.85 bits per heavy atom. The van der Waals surface area contributed by atoms with Crippen LogP contribution in [-0.4, -0.2) is 49.6 Å². The van der Waals surface area contributed by atoms with Crippen molar-refractivity contribution in [1.29, 1.82) is 0 Å². The maximum atomic E-state index is 13.1. The van der Waals surface area contributed by atoms with Crippen LogP contribution in [0.25, 0.3) is 0 Å². The van der Waals surface area contributed by atoms with Crippen molar-refractivity contribution in [3.63, 3.8) is 0 Å². The fourth-order valence-electron chi connectivity index (χ4n) is 2.56. The van der Waals surface area contributed by atoms with Crippen molar-refractivity contribution in [1.82, 2.24) is 4.90 Å². The van der Waals surface area contributed by atoms with Gasteiger partial charge in [0.15, 0.2) is 6.61 Å². The van der Waals surface area contributed by atoms with E-state index in [4.69, 9.17) is 21.1 Å². The Bertz CT molecular complexity index is 823. The molecule has 142 valence electrons. The topological polar surface area (TPSA) is 67.9 Å². The van der Waals surface area contributed by atoms with Crippen LogP contribution >= 0.6 is 11.6 Å². The summed E-state index contributed by atoms with van der Waals surface area (Å²) in [5.41, 5.74) is 1.09. The molecular weight excluding hydrogens is 375 g/mol. The number of hydrogen-bond donors (Lipinski definition) is 1. The molecule has 0 unspecified atom stereocenters. The molecule has 1 N–H and O–H groups in total. The quantitative estimate of drug-likeness (QED) is 0.849. The first-order valence-electron chi connectivity index (χ1n) is 8.38. The molecule has 2 aromatic carbocycles. The van der Waals surface area contributed by atoms with Crippen molar-refractivity contribution >= 4 is 29.1 Å². The predicted molar refractivity (Wildman–Crippen MR) is 98.7 cm³/mol. The van der Waals surface area contributed by atoms with Crippen molar-refractivity contribution in [2.45, 2.75) is 0 Å². The van der Waals surface area contributed by atoms with Crippen LogP contribution in [-0.2, 0) is 9.53 Å². The number of halogens is 2. The van der Waals surface area contributed by atoms with Gasteiger partial charge >= 0.3 is 0 Å². The lowest BCUT2D eigenvalue weighted by atomic mass is 10.1. The number of nitrogens with zero attached hydrogens (tertiary/aromatic N) is 1. The van der Waals surface area contributed by atoms with Gasteiger partial charge in [-0.3, -0.25) is 9.59 Å². The number of rotatable bonds is 5. The molecule has 0 bridgehead atoms. The minimum atomic E-state index is -0.555. The van der Waals surface area contributed by atoms with Crippen molar-refractivity contribution in [2.75, 3.05) is 38.2 Å². The van der Waals surface area contributed by atoms with Gasteiger partial charge in [-0.1, -0.05) is 11.6 Å². The van der Waals surface area contributed by atoms with Crippen LogP contribution in [0.3, 0.4) is 0 Å². The maximum Gasteiger partial charge on any atom is 0.262 e. The summed E-state index contributed by atoms with van der Waals surface area (Å²) in [6.45, 7) is 1.97. The van der Waals surface area contributed by atoms with E-state index in [0.717, 1.165) is 0 Å². The summed E-state index contributed by atoms with van der Waals surface area (Å²) < 4.78 is 23.6. The standard InChI is InChI=1S/C19H18ClFN2O4/c20-16-11-15(5-6-17(16)21)27-12-18(24)22-14-3-1-13(2-4-14)19(25)23-7-9-26-10-8-23/h1-6,11H,7-10,12H2,(H,22,24). The van der Waals surface area contributed by atoms with E-state index in [1.165, 1.54) is 18.2 Å². The summed E-state index contributed by atoms with van der Waals surface area (Å²) in [5.74, 6) is -0.710. The molecular formula is C19H18ClFN2O4. The molecule has 6 nitrogen and oxygen atoms in total. The summed E-state index contributed by atoms with van der Waals surface area (Å²) in [6.07, 6.45) is 0. The molecule has 8 heteroatoms. The summed E-state index contributed by atoms with van der Waals surface area (Å²) in [7, 11) is 0. The molecule has 1 aliphatic rings. The van der Waals surface area contributed by atoms with Crippen LogP contribution < -0.4 is 10.1 Å². The lowest BCUT2D eigenvalue weighted by Gasteiger charge is -2.26. The first-order chi connectivity index (χ1) is 13.0. The Morgan fingerprint density at radius 3 is 2.52 bits per heavy atom. The van der Waals surface area contributed by atoms with Crippen LogP contribution in [0.15, 0.2) is 42.5 Å². The number of anilines is 1. The molecule has 1 aliphatic heterocycles. The van der Waals surface area contributed by atoms with Gasteiger partial charge in [0.25, 0.3) is 11.8 Å². The molecule has 2 amide bonds. The largest absolute Gasteiger partial charge is 0.484 e. The van der Waals surface area contributed by atoms with Crippen LogP contribution in [0.2, 0.25) is 5.02 Å². The van der Waals surface area contributed by atoms with Gasteiger partial charge in [0.2, 0.25) is 0 Å². The Balaban J connectivity index is 1.52. The van der Waals surface area contributed by atoms with Crippen molar-refractivity contribution in [2.24, 2.45) is 0 Å². The van der Waals surface area contributed by atoms with Gasteiger partial charge in [0, 0.05) is 30.4 Å². The van der Waals surface area contributed by atoms with E-state index in [0.29, 0.717) is 43.3 Å². The molecule has 1 heterocycles. The highest BCUT2D eigenvalue weighted by molar-refractivity contribution is 6.30. The first kappa shape index (κ1) is 19.1. The molecule has 0 atom stereocenters. The SMILES string of the molecule is O=C(COc1ccc(F)c(Cl)c1)Nc1ccc(C(=O)N2CCOCC2)cc1. The second-order valence-corrected chi connectivity index (χ2v) is 6.30. The number of benzene rings is 2. The van der Waals surface area contributed by atoms with E-state index in [-0.39, 0.29) is 23.4 Å².